The molecule has 10 nitrogen and oxygen atoms in total. The van der Waals surface area contributed by atoms with Crippen LogP contribution >= 0.6 is 0 Å². The fraction of sp³-hybridized carbons (Fsp3) is 0.481. The van der Waals surface area contributed by atoms with Gasteiger partial charge in [-0.05, 0) is 140 Å². The number of aliphatic carboxylic acids is 2. The van der Waals surface area contributed by atoms with Crippen LogP contribution in [0, 0.1) is 37.0 Å². The third-order valence-corrected chi connectivity index (χ3v) is 13.0. The average Bonchev–Trinajstić information content (AvgIpc) is 3.91. The van der Waals surface area contributed by atoms with Crippen molar-refractivity contribution in [1.29, 1.82) is 0 Å². The van der Waals surface area contributed by atoms with Crippen LogP contribution in [0.15, 0.2) is 75.3 Å². The number of aliphatic hydroxyl groups excluding tert-OH is 2. The Balaban J connectivity index is 0.00000925. The summed E-state index contributed by atoms with van der Waals surface area (Å²) < 4.78 is 0. The summed E-state index contributed by atoms with van der Waals surface area (Å²) in [5.74, 6) is 0.409. The Morgan fingerprint density at radius 1 is 0.785 bits per heavy atom. The molecule has 2 aromatic rings. The Hall–Kier alpha value is -4.98. The number of carbonyl (C=O) groups is 2. The van der Waals surface area contributed by atoms with E-state index < -0.39 is 24.1 Å². The normalized spacial score (nSPS) is 22.7. The average molecular weight is 925 g/mol. The number of hydrogen-bond donors (Lipinski definition) is 4. The summed E-state index contributed by atoms with van der Waals surface area (Å²) in [6, 6.07) is -0.467. The third-order valence-electron chi connectivity index (χ3n) is 13.0. The van der Waals surface area contributed by atoms with Crippen molar-refractivity contribution in [3.63, 3.8) is 0 Å². The Morgan fingerprint density at radius 2 is 1.40 bits per heavy atom. The summed E-state index contributed by atoms with van der Waals surface area (Å²) >= 11 is 0. The van der Waals surface area contributed by atoms with Crippen LogP contribution in [0.4, 0.5) is 0 Å². The second kappa shape index (κ2) is 24.5. The molecule has 4 N–H and O–H groups in total. The number of aromatic nitrogens is 2. The van der Waals surface area contributed by atoms with Gasteiger partial charge in [0.15, 0.2) is 0 Å². The summed E-state index contributed by atoms with van der Waals surface area (Å²) in [4.78, 5) is 33.6. The molecule has 5 rings (SSSR count). The monoisotopic (exact) mass is 924 g/mol. The first-order valence-corrected chi connectivity index (χ1v) is 23.0. The number of terminal acetylenes is 1. The Labute approximate surface area is 397 Å². The molecule has 348 valence electrons. The maximum absolute atomic E-state index is 11.9. The minimum atomic E-state index is -0.980. The SMILES string of the molecule is C#CC1=C2/C=C3\[N-]C(/C=c4\[n-]/c(c(CO)c4CCC(=O)O)=C\c4[n-]c(c([C@@H](O)CC/C=C(\C)CC/C=C(\C)CC/C=C(\C)CCC=C(C)C)c4C)/C=C(\[N-]2)[C@@H]1C)[C@@H](CCC(=O)O)[C@H]3C.[Fe+4]. The van der Waals surface area contributed by atoms with Gasteiger partial charge in [-0.25, -0.2) is 0 Å². The van der Waals surface area contributed by atoms with Crippen molar-refractivity contribution in [3.8, 4) is 12.3 Å². The standard InChI is InChI=1S/C54H68N4O6.Fe/c1-10-39-36(7)44-29-50-54(51(60)22-14-21-35(6)20-13-19-34(5)18-12-17-33(4)16-11-15-32(2)3)38(9)45(57-50)28-49-42(31-59)41(24-26-53(63)64)48(58-49)30-47-40(23-25-52(61)62)37(8)43(56-47)27-46(39)55-44;/h1,15,17,19,21,27-30,36-37,40,47,51,59-60H,11-14,16,18,20,22-26,31H2,2-9H3,(H,61,62)(H,63,64);/q-4;+4/b33-17+,34-19+,35-21+,43-27-,44-29-,48-30-,49-28-;/t36-,37-,40+,47?,51+;/m1./s1. The minimum absolute atomic E-state index is 0. The molecule has 0 aliphatic carbocycles. The van der Waals surface area contributed by atoms with Crippen molar-refractivity contribution in [2.75, 3.05) is 0 Å². The number of carboxylic acids is 2. The molecule has 2 aromatic heterocycles. The summed E-state index contributed by atoms with van der Waals surface area (Å²) in [5, 5.41) is 53.1. The summed E-state index contributed by atoms with van der Waals surface area (Å²) in [7, 11) is 0. The number of rotatable bonds is 20. The molecule has 0 aromatic carbocycles. The van der Waals surface area contributed by atoms with Gasteiger partial charge in [-0.3, -0.25) is 9.59 Å². The summed E-state index contributed by atoms with van der Waals surface area (Å²) in [6.45, 7) is 16.4. The van der Waals surface area contributed by atoms with E-state index in [1.54, 1.807) is 6.08 Å². The predicted molar refractivity (Wildman–Crippen MR) is 257 cm³/mol. The molecule has 3 aliphatic heterocycles. The van der Waals surface area contributed by atoms with E-state index in [2.05, 4.69) is 64.8 Å². The largest absolute Gasteiger partial charge is 4.00 e. The minimum Gasteiger partial charge on any atom is -0.682 e. The van der Waals surface area contributed by atoms with Crippen LogP contribution in [0.1, 0.15) is 159 Å². The number of nitrogens with zero attached hydrogens (tertiary/aromatic N) is 4. The quantitative estimate of drug-likeness (QED) is 0.0578. The molecule has 1 saturated heterocycles. The summed E-state index contributed by atoms with van der Waals surface area (Å²) in [5.41, 5.74) is 11.9. The Kier molecular flexibility index (Phi) is 19.9. The van der Waals surface area contributed by atoms with E-state index in [0.29, 0.717) is 75.0 Å². The Bertz CT molecular complexity index is 2440. The number of hydrogen-bond acceptors (Lipinski definition) is 4. The van der Waals surface area contributed by atoms with Gasteiger partial charge in [0, 0.05) is 12.8 Å². The van der Waals surface area contributed by atoms with Crippen LogP contribution in [-0.2, 0) is 39.7 Å². The first kappa shape index (κ1) is 52.6. The van der Waals surface area contributed by atoms with Gasteiger partial charge in [-0.2, -0.15) is 11.4 Å². The molecule has 0 amide bonds. The summed E-state index contributed by atoms with van der Waals surface area (Å²) in [6.07, 6.45) is 29.7. The molecule has 65 heavy (non-hydrogen) atoms. The topological polar surface area (TPSA) is 171 Å². The second-order valence-electron chi connectivity index (χ2n) is 18.2. The van der Waals surface area contributed by atoms with E-state index in [-0.39, 0.29) is 60.7 Å². The van der Waals surface area contributed by atoms with Crippen molar-refractivity contribution in [3.05, 3.63) is 130 Å². The molecule has 0 spiro atoms. The van der Waals surface area contributed by atoms with Crippen LogP contribution in [0.2, 0.25) is 0 Å². The van der Waals surface area contributed by atoms with Crippen LogP contribution < -0.4 is 20.7 Å². The number of carboxylic acid groups (broad SMARTS) is 2. The van der Waals surface area contributed by atoms with Gasteiger partial charge >= 0.3 is 29.0 Å². The van der Waals surface area contributed by atoms with Crippen molar-refractivity contribution in [2.45, 2.75) is 151 Å². The third kappa shape index (κ3) is 14.0. The molecule has 8 bridgehead atoms. The molecule has 1 fully saturated rings. The number of allylic oxidation sites excluding steroid dienone is 11. The van der Waals surface area contributed by atoms with Gasteiger partial charge in [0.1, 0.15) is 0 Å². The Morgan fingerprint density at radius 3 is 1.98 bits per heavy atom. The predicted octanol–water partition coefficient (Wildman–Crippen LogP) is 10.0. The van der Waals surface area contributed by atoms with Gasteiger partial charge in [-0.1, -0.05) is 102 Å². The van der Waals surface area contributed by atoms with Crippen LogP contribution in [0.25, 0.3) is 28.9 Å². The zero-order chi connectivity index (χ0) is 46.7. The fourth-order valence-electron chi connectivity index (χ4n) is 9.06. The molecule has 5 atom stereocenters. The van der Waals surface area contributed by atoms with E-state index in [4.69, 9.17) is 27.0 Å². The molecular formula is C54H68FeN4O6. The maximum Gasteiger partial charge on any atom is 4.00 e. The molecule has 0 radical (unpaired) electrons. The number of fused-ring (bicyclic) bond motifs is 8. The van der Waals surface area contributed by atoms with Crippen molar-refractivity contribution in [2.24, 2.45) is 17.8 Å². The van der Waals surface area contributed by atoms with E-state index in [9.17, 15) is 30.0 Å². The number of aliphatic hydroxyl groups is 2. The van der Waals surface area contributed by atoms with Gasteiger partial charge in [0.25, 0.3) is 0 Å². The second-order valence-corrected chi connectivity index (χ2v) is 18.2. The van der Waals surface area contributed by atoms with Crippen LogP contribution in [0.5, 0.6) is 0 Å². The van der Waals surface area contributed by atoms with Gasteiger partial charge in [0.05, 0.1) is 12.7 Å². The first-order chi connectivity index (χ1) is 30.5. The maximum atomic E-state index is 11.9. The molecule has 1 unspecified atom stereocenters. The van der Waals surface area contributed by atoms with Crippen molar-refractivity contribution < 1.29 is 47.1 Å². The van der Waals surface area contributed by atoms with E-state index >= 15 is 0 Å². The van der Waals surface area contributed by atoms with Gasteiger partial charge in [0.2, 0.25) is 0 Å². The zero-order valence-corrected chi connectivity index (χ0v) is 40.6. The van der Waals surface area contributed by atoms with Crippen LogP contribution in [0.3, 0.4) is 0 Å². The van der Waals surface area contributed by atoms with E-state index in [0.717, 1.165) is 49.8 Å². The van der Waals surface area contributed by atoms with Crippen molar-refractivity contribution >= 4 is 30.2 Å². The molecular weight excluding hydrogens is 856 g/mol. The molecule has 11 heteroatoms. The van der Waals surface area contributed by atoms with Gasteiger partial charge < -0.3 is 41.0 Å². The smallest absolute Gasteiger partial charge is 0.682 e. The van der Waals surface area contributed by atoms with E-state index in [1.165, 1.54) is 22.3 Å². The van der Waals surface area contributed by atoms with Crippen molar-refractivity contribution in [1.82, 2.24) is 9.97 Å². The molecule has 0 saturated carbocycles. The van der Waals surface area contributed by atoms with Gasteiger partial charge in [-0.15, -0.1) is 40.3 Å². The fourth-order valence-corrected chi connectivity index (χ4v) is 9.06. The molecule has 3 aliphatic rings. The zero-order valence-electron chi connectivity index (χ0n) is 39.5. The molecule has 5 heterocycles. The van der Waals surface area contributed by atoms with E-state index in [1.807, 2.05) is 39.0 Å². The van der Waals surface area contributed by atoms with Crippen LogP contribution in [-0.4, -0.2) is 38.4 Å². The first-order valence-electron chi connectivity index (χ1n) is 23.0.